The summed E-state index contributed by atoms with van der Waals surface area (Å²) in [7, 11) is 0. The van der Waals surface area contributed by atoms with Gasteiger partial charge in [0.15, 0.2) is 5.78 Å². The second-order valence-corrected chi connectivity index (χ2v) is 5.01. The molecule has 0 amide bonds. The number of carbonyl (C=O) groups is 1. The molecular formula is C10H7BrF3IO2. The molecule has 0 spiro atoms. The lowest BCUT2D eigenvalue weighted by Crippen LogP contribution is -2.18. The third kappa shape index (κ3) is 4.82. The van der Waals surface area contributed by atoms with Crippen LogP contribution in [0.25, 0.3) is 0 Å². The molecule has 0 atom stereocenters. The summed E-state index contributed by atoms with van der Waals surface area (Å²) in [5.41, 5.74) is 0.212. The van der Waals surface area contributed by atoms with Crippen molar-refractivity contribution in [2.75, 3.05) is 5.33 Å². The Morgan fingerprint density at radius 3 is 2.59 bits per heavy atom. The Balaban J connectivity index is 2.98. The van der Waals surface area contributed by atoms with E-state index in [2.05, 4.69) is 20.7 Å². The van der Waals surface area contributed by atoms with Gasteiger partial charge in [0.25, 0.3) is 0 Å². The van der Waals surface area contributed by atoms with E-state index < -0.39 is 6.36 Å². The number of alkyl halides is 4. The van der Waals surface area contributed by atoms with Crippen LogP contribution < -0.4 is 4.74 Å². The van der Waals surface area contributed by atoms with Gasteiger partial charge in [-0.25, -0.2) is 0 Å². The third-order valence-corrected chi connectivity index (χ3v) is 3.09. The SMILES string of the molecule is O=C(CCBr)c1ccc(I)c(OC(F)(F)F)c1. The first-order chi connectivity index (χ1) is 7.83. The first-order valence-electron chi connectivity index (χ1n) is 4.48. The number of hydrogen-bond acceptors (Lipinski definition) is 2. The van der Waals surface area contributed by atoms with Crippen molar-refractivity contribution < 1.29 is 22.7 Å². The molecule has 0 aliphatic heterocycles. The zero-order valence-electron chi connectivity index (χ0n) is 8.35. The summed E-state index contributed by atoms with van der Waals surface area (Å²) in [5.74, 6) is -0.580. The minimum absolute atomic E-state index is 0.212. The zero-order chi connectivity index (χ0) is 13.1. The topological polar surface area (TPSA) is 26.3 Å². The van der Waals surface area contributed by atoms with E-state index in [9.17, 15) is 18.0 Å². The van der Waals surface area contributed by atoms with Crippen LogP contribution in [-0.4, -0.2) is 17.5 Å². The summed E-state index contributed by atoms with van der Waals surface area (Å²) in [4.78, 5) is 11.5. The van der Waals surface area contributed by atoms with Gasteiger partial charge in [0.05, 0.1) is 3.57 Å². The fourth-order valence-electron chi connectivity index (χ4n) is 1.11. The highest BCUT2D eigenvalue weighted by atomic mass is 127. The van der Waals surface area contributed by atoms with E-state index in [1.807, 2.05) is 0 Å². The summed E-state index contributed by atoms with van der Waals surface area (Å²) in [6.45, 7) is 0. The minimum atomic E-state index is -4.75. The van der Waals surface area contributed by atoms with Crippen molar-refractivity contribution in [3.63, 3.8) is 0 Å². The maximum atomic E-state index is 12.1. The summed E-state index contributed by atoms with van der Waals surface area (Å²) < 4.78 is 40.4. The van der Waals surface area contributed by atoms with Gasteiger partial charge in [-0.05, 0) is 34.7 Å². The monoisotopic (exact) mass is 422 g/mol. The molecule has 0 bridgehead atoms. The fourth-order valence-corrected chi connectivity index (χ4v) is 1.92. The Bertz CT molecular complexity index is 421. The molecule has 0 aliphatic rings. The molecule has 17 heavy (non-hydrogen) atoms. The molecule has 0 radical (unpaired) electrons. The normalized spacial score (nSPS) is 11.4. The number of halogens is 5. The molecule has 0 aromatic heterocycles. The Morgan fingerprint density at radius 1 is 1.41 bits per heavy atom. The molecule has 0 aliphatic carbocycles. The van der Waals surface area contributed by atoms with Gasteiger partial charge in [-0.2, -0.15) is 0 Å². The number of ketones is 1. The van der Waals surface area contributed by atoms with Crippen LogP contribution in [-0.2, 0) is 0 Å². The highest BCUT2D eigenvalue weighted by molar-refractivity contribution is 14.1. The predicted molar refractivity (Wildman–Crippen MR) is 68.6 cm³/mol. The highest BCUT2D eigenvalue weighted by Gasteiger charge is 2.32. The molecule has 2 nitrogen and oxygen atoms in total. The molecule has 0 fully saturated rings. The van der Waals surface area contributed by atoms with Gasteiger partial charge in [-0.1, -0.05) is 22.0 Å². The van der Waals surface area contributed by atoms with Crippen molar-refractivity contribution in [1.82, 2.24) is 0 Å². The molecule has 94 valence electrons. The van der Waals surface area contributed by atoms with Crippen LogP contribution in [0.1, 0.15) is 16.8 Å². The summed E-state index contributed by atoms with van der Waals surface area (Å²) in [6, 6.07) is 4.01. The van der Waals surface area contributed by atoms with E-state index in [1.54, 1.807) is 22.6 Å². The van der Waals surface area contributed by atoms with E-state index >= 15 is 0 Å². The van der Waals surface area contributed by atoms with E-state index in [0.29, 0.717) is 8.90 Å². The maximum Gasteiger partial charge on any atom is 0.573 e. The lowest BCUT2D eigenvalue weighted by Gasteiger charge is -2.11. The summed E-state index contributed by atoms with van der Waals surface area (Å²) >= 11 is 4.81. The zero-order valence-corrected chi connectivity index (χ0v) is 12.1. The van der Waals surface area contributed by atoms with Crippen LogP contribution in [0.3, 0.4) is 0 Å². The first-order valence-corrected chi connectivity index (χ1v) is 6.68. The fraction of sp³-hybridized carbons (Fsp3) is 0.300. The van der Waals surface area contributed by atoms with Crippen LogP contribution in [0.5, 0.6) is 5.75 Å². The Morgan fingerprint density at radius 2 is 2.06 bits per heavy atom. The molecule has 0 heterocycles. The summed E-state index contributed by atoms with van der Waals surface area (Å²) in [5, 5.41) is 0.466. The van der Waals surface area contributed by atoms with E-state index in [4.69, 9.17) is 0 Å². The first kappa shape index (κ1) is 14.7. The standard InChI is InChI=1S/C10H7BrF3IO2/c11-4-3-8(16)6-1-2-7(15)9(5-6)17-10(12,13)14/h1-2,5H,3-4H2. The quantitative estimate of drug-likeness (QED) is 0.414. The van der Waals surface area contributed by atoms with Gasteiger partial charge >= 0.3 is 6.36 Å². The largest absolute Gasteiger partial charge is 0.573 e. The number of rotatable bonds is 4. The van der Waals surface area contributed by atoms with Gasteiger partial charge in [0.2, 0.25) is 0 Å². The van der Waals surface area contributed by atoms with E-state index in [0.717, 1.165) is 6.07 Å². The predicted octanol–water partition coefficient (Wildman–Crippen LogP) is 4.16. The van der Waals surface area contributed by atoms with Crippen LogP contribution in [0.2, 0.25) is 0 Å². The smallest absolute Gasteiger partial charge is 0.405 e. The highest BCUT2D eigenvalue weighted by Crippen LogP contribution is 2.28. The number of benzene rings is 1. The molecule has 0 N–H and O–H groups in total. The van der Waals surface area contributed by atoms with Gasteiger partial charge in [-0.3, -0.25) is 4.79 Å². The van der Waals surface area contributed by atoms with Gasteiger partial charge in [0, 0.05) is 17.3 Å². The van der Waals surface area contributed by atoms with E-state index in [1.165, 1.54) is 12.1 Å². The molecule has 1 aromatic rings. The van der Waals surface area contributed by atoms with Crippen molar-refractivity contribution in [3.05, 3.63) is 27.3 Å². The van der Waals surface area contributed by atoms with E-state index in [-0.39, 0.29) is 23.5 Å². The minimum Gasteiger partial charge on any atom is -0.405 e. The van der Waals surface area contributed by atoms with Crippen molar-refractivity contribution in [3.8, 4) is 5.75 Å². The van der Waals surface area contributed by atoms with Crippen molar-refractivity contribution >= 4 is 44.3 Å². The molecule has 1 rings (SSSR count). The van der Waals surface area contributed by atoms with Crippen LogP contribution >= 0.6 is 38.5 Å². The summed E-state index contributed by atoms with van der Waals surface area (Å²) in [6.07, 6.45) is -4.52. The number of ether oxygens (including phenoxy) is 1. The molecule has 0 unspecified atom stereocenters. The number of Topliss-reactive ketones (excluding diaryl/α,β-unsaturated/α-hetero) is 1. The van der Waals surface area contributed by atoms with Crippen molar-refractivity contribution in [2.45, 2.75) is 12.8 Å². The average Bonchev–Trinajstić information content (AvgIpc) is 2.19. The van der Waals surface area contributed by atoms with Crippen molar-refractivity contribution in [2.24, 2.45) is 0 Å². The molecule has 0 saturated heterocycles. The second kappa shape index (κ2) is 6.03. The maximum absolute atomic E-state index is 12.1. The second-order valence-electron chi connectivity index (χ2n) is 3.06. The van der Waals surface area contributed by atoms with Gasteiger partial charge < -0.3 is 4.74 Å². The molecule has 7 heteroatoms. The van der Waals surface area contributed by atoms with Crippen LogP contribution in [0, 0.1) is 3.57 Å². The van der Waals surface area contributed by atoms with Crippen molar-refractivity contribution in [1.29, 1.82) is 0 Å². The van der Waals surface area contributed by atoms with Crippen LogP contribution in [0.15, 0.2) is 18.2 Å². The molecule has 1 aromatic carbocycles. The lowest BCUT2D eigenvalue weighted by molar-refractivity contribution is -0.274. The third-order valence-electron chi connectivity index (χ3n) is 1.80. The van der Waals surface area contributed by atoms with Gasteiger partial charge in [0.1, 0.15) is 5.75 Å². The van der Waals surface area contributed by atoms with Crippen LogP contribution in [0.4, 0.5) is 13.2 Å². The molecule has 0 saturated carbocycles. The molecular weight excluding hydrogens is 416 g/mol. The number of hydrogen-bond donors (Lipinski definition) is 0. The Hall–Kier alpha value is -0.310. The lowest BCUT2D eigenvalue weighted by atomic mass is 10.1. The average molecular weight is 423 g/mol. The van der Waals surface area contributed by atoms with Gasteiger partial charge in [-0.15, -0.1) is 13.2 Å². The Labute approximate surface area is 118 Å². The number of carbonyl (C=O) groups excluding carboxylic acids is 1. The Kier molecular flexibility index (Phi) is 5.23.